The van der Waals surface area contributed by atoms with E-state index in [1.165, 1.54) is 0 Å². The number of unbranched alkanes of at least 4 members (excludes halogenated alkanes) is 3. The maximum atomic E-state index is 14.8. The molecule has 2 atom stereocenters. The Hall–Kier alpha value is -3.09. The Morgan fingerprint density at radius 1 is 0.967 bits per heavy atom. The molecular weight excluding hydrogens is 909 g/mol. The van der Waals surface area contributed by atoms with Crippen LogP contribution in [0.5, 0.6) is 0 Å². The number of hydrogen-bond donors (Lipinski definition) is 3. The zero-order valence-electron chi connectivity index (χ0n) is 35.1. The topological polar surface area (TPSA) is 187 Å². The molecule has 2 unspecified atom stereocenters. The van der Waals surface area contributed by atoms with E-state index in [2.05, 4.69) is 26.1 Å². The van der Waals surface area contributed by atoms with E-state index in [0.29, 0.717) is 24.2 Å². The molecule has 0 spiro atoms. The molecule has 3 aromatic rings. The molecule has 1 amide bonds. The van der Waals surface area contributed by atoms with Crippen LogP contribution in [-0.2, 0) is 25.0 Å². The van der Waals surface area contributed by atoms with Crippen LogP contribution in [0.2, 0.25) is 15.1 Å². The lowest BCUT2D eigenvalue weighted by atomic mass is 9.77. The highest BCUT2D eigenvalue weighted by atomic mass is 35.5. The zero-order valence-corrected chi connectivity index (χ0v) is 39.8. The minimum absolute atomic E-state index is 0.0197. The van der Waals surface area contributed by atoms with Gasteiger partial charge in [-0.05, 0) is 58.1 Å². The molecule has 0 bridgehead atoms. The second-order valence-corrected chi connectivity index (χ2v) is 22.6. The van der Waals surface area contributed by atoms with Crippen molar-refractivity contribution in [2.24, 2.45) is 0 Å². The monoisotopic (exact) mass is 956 g/mol. The van der Waals surface area contributed by atoms with Crippen molar-refractivity contribution < 1.29 is 39.6 Å². The summed E-state index contributed by atoms with van der Waals surface area (Å²) in [6.45, 7) is 12.3. The van der Waals surface area contributed by atoms with Gasteiger partial charge >= 0.3 is 15.7 Å². The summed E-state index contributed by atoms with van der Waals surface area (Å²) in [6.07, 6.45) is 4.65. The molecule has 7 rings (SSSR count). The van der Waals surface area contributed by atoms with Gasteiger partial charge in [-0.3, -0.25) is 13.9 Å². The smallest absolute Gasteiger partial charge is 0.344 e. The SMILES string of the molecule is CCCCCCNC(=O)CSc1c(Cl)c(Cl)c2oc(=O)c3c4c(cc5oc6c(S(=O)(=O)O)c7c(cc6c(c2c1Cl)-c53)C(CS(=O)(=O)O)CC(C)(C)[N+]=7C)N(C)C(C)(C)CC4C. The van der Waals surface area contributed by atoms with Gasteiger partial charge in [0.1, 0.15) is 17.7 Å². The van der Waals surface area contributed by atoms with Gasteiger partial charge in [0.2, 0.25) is 16.2 Å². The molecule has 3 N–H and O–H groups in total. The number of halogens is 3. The van der Waals surface area contributed by atoms with E-state index in [9.17, 15) is 35.5 Å². The maximum Gasteiger partial charge on any atom is 0.344 e. The minimum Gasteiger partial charge on any atom is -0.454 e. The molecule has 3 aromatic carbocycles. The fourth-order valence-corrected chi connectivity index (χ4v) is 13.0. The zero-order chi connectivity index (χ0) is 44.9. The Morgan fingerprint density at radius 2 is 1.66 bits per heavy atom. The predicted octanol–water partition coefficient (Wildman–Crippen LogP) is 9.07. The van der Waals surface area contributed by atoms with Crippen molar-refractivity contribution in [2.75, 3.05) is 37.0 Å². The first-order valence-electron chi connectivity index (χ1n) is 20.0. The Kier molecular flexibility index (Phi) is 12.2. The molecule has 0 radical (unpaired) electrons. The van der Waals surface area contributed by atoms with Gasteiger partial charge in [-0.15, -0.1) is 11.8 Å². The lowest BCUT2D eigenvalue weighted by molar-refractivity contribution is -0.118. The standard InChI is InChI=1S/C42H48Cl3N3O10S3/c1-9-10-11-12-13-46-26(49)18-59-38-32(43)31-28-23-14-22-21(19-60(51,52)53)17-42(5,6)48(8)35(22)39(61(54,55)56)36(23)57-25-15-24-27(20(2)16-41(3,4)47(24)7)30(29(25)28)40(50)58-37(31)33(44)34(38)45/h14-15,20-21H,9-13,16-19H2,1-8H3,(H2-,46,49,51,52,53,54,55,56)/p+1. The van der Waals surface area contributed by atoms with Crippen LogP contribution in [-0.4, -0.2) is 75.1 Å². The lowest BCUT2D eigenvalue weighted by Crippen LogP contribution is -2.52. The fourth-order valence-electron chi connectivity index (χ4n) is 9.36. The molecule has 0 aliphatic carbocycles. The number of thioether (sulfide) groups is 1. The van der Waals surface area contributed by atoms with Crippen molar-refractivity contribution in [2.45, 2.75) is 113 Å². The second kappa shape index (κ2) is 16.2. The molecule has 4 aliphatic rings. The number of fused-ring (bicyclic) bond motifs is 7. The number of benzene rings is 3. The van der Waals surface area contributed by atoms with Crippen molar-refractivity contribution in [3.63, 3.8) is 0 Å². The number of rotatable bonds is 11. The summed E-state index contributed by atoms with van der Waals surface area (Å²) in [5.41, 5.74) is -0.843. The van der Waals surface area contributed by atoms with E-state index in [4.69, 9.17) is 43.6 Å². The summed E-state index contributed by atoms with van der Waals surface area (Å²) in [5.74, 6) is -2.36. The van der Waals surface area contributed by atoms with Gasteiger partial charge in [-0.25, -0.2) is 9.37 Å². The van der Waals surface area contributed by atoms with E-state index >= 15 is 0 Å². The average molecular weight is 958 g/mol. The van der Waals surface area contributed by atoms with E-state index < -0.39 is 53.5 Å². The minimum atomic E-state index is -5.21. The molecule has 13 nitrogen and oxygen atoms in total. The molecule has 0 saturated carbocycles. The van der Waals surface area contributed by atoms with Gasteiger partial charge in [0.05, 0.1) is 26.9 Å². The van der Waals surface area contributed by atoms with Gasteiger partial charge < -0.3 is 19.1 Å². The highest BCUT2D eigenvalue weighted by Crippen LogP contribution is 2.55. The molecule has 4 heterocycles. The summed E-state index contributed by atoms with van der Waals surface area (Å²) >= 11 is 22.4. The van der Waals surface area contributed by atoms with Crippen molar-refractivity contribution in [1.29, 1.82) is 0 Å². The number of anilines is 1. The number of nitrogens with one attached hydrogen (secondary N) is 1. The molecule has 0 fully saturated rings. The summed E-state index contributed by atoms with van der Waals surface area (Å²) in [5, 5.41) is 2.68. The van der Waals surface area contributed by atoms with Crippen LogP contribution < -0.4 is 25.8 Å². The first-order chi connectivity index (χ1) is 28.3. The number of carbonyl (C=O) groups is 1. The van der Waals surface area contributed by atoms with E-state index in [1.54, 1.807) is 37.6 Å². The first kappa shape index (κ1) is 45.9. The summed E-state index contributed by atoms with van der Waals surface area (Å²) < 4.78 is 88.8. The van der Waals surface area contributed by atoms with Crippen LogP contribution in [0.1, 0.15) is 103 Å². The first-order valence-corrected chi connectivity index (χ1v) is 25.2. The van der Waals surface area contributed by atoms with Crippen LogP contribution in [0.3, 0.4) is 0 Å². The summed E-state index contributed by atoms with van der Waals surface area (Å²) in [4.78, 5) is 29.4. The molecule has 61 heavy (non-hydrogen) atoms. The van der Waals surface area contributed by atoms with E-state index in [-0.39, 0.29) is 98.9 Å². The number of carbonyl (C=O) groups excluding carboxylic acids is 1. The van der Waals surface area contributed by atoms with Crippen LogP contribution in [0.25, 0.3) is 44.0 Å². The second-order valence-electron chi connectivity index (χ2n) is 17.6. The third-order valence-corrected chi connectivity index (χ3v) is 16.8. The van der Waals surface area contributed by atoms with Gasteiger partial charge in [-0.2, -0.15) is 16.8 Å². The van der Waals surface area contributed by atoms with Crippen LogP contribution in [0, 0.1) is 0 Å². The maximum absolute atomic E-state index is 14.8. The van der Waals surface area contributed by atoms with E-state index in [0.717, 1.165) is 37.4 Å². The summed E-state index contributed by atoms with van der Waals surface area (Å²) in [6, 6.07) is 3.28. The van der Waals surface area contributed by atoms with Crippen molar-refractivity contribution in [3.05, 3.63) is 54.1 Å². The molecular formula is C42H49Cl3N3O10S3+. The number of nitrogens with zero attached hydrogens (tertiary/aromatic N) is 2. The van der Waals surface area contributed by atoms with Crippen LogP contribution >= 0.6 is 46.6 Å². The largest absolute Gasteiger partial charge is 0.454 e. The van der Waals surface area contributed by atoms with Gasteiger partial charge in [0.25, 0.3) is 10.1 Å². The lowest BCUT2D eigenvalue weighted by Gasteiger charge is -2.45. The Labute approximate surface area is 373 Å². The highest BCUT2D eigenvalue weighted by Gasteiger charge is 2.45. The number of hydrogen-bond acceptors (Lipinski definition) is 10. The van der Waals surface area contributed by atoms with Crippen molar-refractivity contribution in [3.8, 4) is 11.1 Å². The highest BCUT2D eigenvalue weighted by molar-refractivity contribution is 8.00. The Balaban J connectivity index is 1.70. The van der Waals surface area contributed by atoms with E-state index in [1.807, 2.05) is 18.9 Å². The van der Waals surface area contributed by atoms with Gasteiger partial charge in [0, 0.05) is 75.6 Å². The molecule has 0 saturated heterocycles. The van der Waals surface area contributed by atoms with Crippen molar-refractivity contribution in [1.82, 2.24) is 9.89 Å². The molecule has 19 heteroatoms. The quantitative estimate of drug-likeness (QED) is 0.0285. The van der Waals surface area contributed by atoms with Crippen molar-refractivity contribution >= 4 is 111 Å². The number of amides is 1. The molecule has 4 aliphatic heterocycles. The third kappa shape index (κ3) is 8.06. The predicted molar refractivity (Wildman–Crippen MR) is 244 cm³/mol. The van der Waals surface area contributed by atoms with Crippen LogP contribution in [0.4, 0.5) is 5.69 Å². The van der Waals surface area contributed by atoms with Gasteiger partial charge in [0.15, 0.2) is 16.7 Å². The molecule has 330 valence electrons. The Bertz CT molecular complexity index is 3020. The fraction of sp³-hybridized carbons (Fsp3) is 0.500. The normalized spacial score (nSPS) is 18.9. The molecule has 0 aromatic heterocycles. The summed E-state index contributed by atoms with van der Waals surface area (Å²) in [7, 11) is -6.34. The van der Waals surface area contributed by atoms with Crippen LogP contribution in [0.15, 0.2) is 35.6 Å². The Morgan fingerprint density at radius 3 is 2.30 bits per heavy atom. The average Bonchev–Trinajstić information content (AvgIpc) is 3.28. The van der Waals surface area contributed by atoms with Gasteiger partial charge in [-0.1, -0.05) is 67.9 Å². The third-order valence-electron chi connectivity index (χ3n) is 12.5.